The van der Waals surface area contributed by atoms with Crippen LogP contribution in [0.1, 0.15) is 32.6 Å². The number of carbonyl (C=O) groups is 1. The van der Waals surface area contributed by atoms with Gasteiger partial charge in [-0.15, -0.1) is 0 Å². The van der Waals surface area contributed by atoms with E-state index in [0.717, 1.165) is 26.2 Å². The van der Waals surface area contributed by atoms with Crippen LogP contribution in [0.5, 0.6) is 0 Å². The van der Waals surface area contributed by atoms with Crippen molar-refractivity contribution in [3.63, 3.8) is 0 Å². The van der Waals surface area contributed by atoms with E-state index in [-0.39, 0.29) is 0 Å². The van der Waals surface area contributed by atoms with Crippen molar-refractivity contribution in [2.75, 3.05) is 39.3 Å². The maximum absolute atomic E-state index is 11.0. The molecule has 0 aliphatic carbocycles. The second kappa shape index (κ2) is 7.22. The molecule has 2 heterocycles. The zero-order valence-corrected chi connectivity index (χ0v) is 11.9. The van der Waals surface area contributed by atoms with E-state index in [0.29, 0.717) is 19.1 Å². The minimum absolute atomic E-state index is 0.466. The Labute approximate surface area is 115 Å². The molecule has 2 rings (SSSR count). The fourth-order valence-corrected chi connectivity index (χ4v) is 3.20. The van der Waals surface area contributed by atoms with E-state index >= 15 is 0 Å². The summed E-state index contributed by atoms with van der Waals surface area (Å²) in [6.45, 7) is 7.69. The Morgan fingerprint density at radius 3 is 2.95 bits per heavy atom. The third-order valence-electron chi connectivity index (χ3n) is 4.27. The van der Waals surface area contributed by atoms with Crippen LogP contribution in [0.25, 0.3) is 0 Å². The number of aliphatic carboxylic acids is 1. The molecule has 110 valence electrons. The lowest BCUT2D eigenvalue weighted by Gasteiger charge is -2.44. The second-order valence-corrected chi connectivity index (χ2v) is 5.56. The largest absolute Gasteiger partial charge is 0.479 e. The van der Waals surface area contributed by atoms with Gasteiger partial charge in [0.15, 0.2) is 6.10 Å². The van der Waals surface area contributed by atoms with Gasteiger partial charge in [0.25, 0.3) is 0 Å². The number of piperidine rings is 1. The molecule has 2 fully saturated rings. The summed E-state index contributed by atoms with van der Waals surface area (Å²) >= 11 is 0. The van der Waals surface area contributed by atoms with Crippen molar-refractivity contribution in [3.05, 3.63) is 0 Å². The standard InChI is InChI=1S/C14H26N2O3/c1-2-19-13(14(17)18)6-8-15-9-10-16-7-4-3-5-12(16)11-15/h12-13H,2-11H2,1H3,(H,17,18). The number of carboxylic acids is 1. The number of hydrogen-bond donors (Lipinski definition) is 1. The van der Waals surface area contributed by atoms with Crippen LogP contribution in [0.3, 0.4) is 0 Å². The van der Waals surface area contributed by atoms with Crippen molar-refractivity contribution in [2.45, 2.75) is 44.8 Å². The third-order valence-corrected chi connectivity index (χ3v) is 4.27. The number of piperazine rings is 1. The quantitative estimate of drug-likeness (QED) is 0.781. The Bertz CT molecular complexity index is 298. The normalized spacial score (nSPS) is 26.9. The van der Waals surface area contributed by atoms with E-state index < -0.39 is 12.1 Å². The maximum Gasteiger partial charge on any atom is 0.332 e. The second-order valence-electron chi connectivity index (χ2n) is 5.56. The molecule has 0 spiro atoms. The lowest BCUT2D eigenvalue weighted by Crippen LogP contribution is -2.55. The average molecular weight is 270 g/mol. The van der Waals surface area contributed by atoms with Gasteiger partial charge < -0.3 is 14.7 Å². The van der Waals surface area contributed by atoms with Crippen LogP contribution in [0, 0.1) is 0 Å². The number of fused-ring (bicyclic) bond motifs is 1. The number of ether oxygens (including phenoxy) is 1. The summed E-state index contributed by atoms with van der Waals surface area (Å²) in [6, 6.07) is 0.692. The Morgan fingerprint density at radius 1 is 1.37 bits per heavy atom. The first-order valence-electron chi connectivity index (χ1n) is 7.51. The van der Waals surface area contributed by atoms with E-state index in [9.17, 15) is 4.79 Å². The summed E-state index contributed by atoms with van der Waals surface area (Å²) in [5, 5.41) is 9.07. The molecular weight excluding hydrogens is 244 g/mol. The van der Waals surface area contributed by atoms with Gasteiger partial charge in [0.2, 0.25) is 0 Å². The molecule has 0 radical (unpaired) electrons. The Kier molecular flexibility index (Phi) is 5.60. The lowest BCUT2D eigenvalue weighted by atomic mass is 9.99. The molecule has 5 nitrogen and oxygen atoms in total. The summed E-state index contributed by atoms with van der Waals surface area (Å²) in [5.41, 5.74) is 0. The van der Waals surface area contributed by atoms with Gasteiger partial charge in [-0.05, 0) is 32.7 Å². The van der Waals surface area contributed by atoms with Crippen LogP contribution in [0.15, 0.2) is 0 Å². The molecule has 2 aliphatic heterocycles. The zero-order chi connectivity index (χ0) is 13.7. The average Bonchev–Trinajstić information content (AvgIpc) is 2.43. The molecule has 0 aromatic heterocycles. The van der Waals surface area contributed by atoms with Crippen LogP contribution < -0.4 is 0 Å². The SMILES string of the molecule is CCOC(CCN1CCN2CCCCC2C1)C(=O)O. The maximum atomic E-state index is 11.0. The molecule has 0 bridgehead atoms. The van der Waals surface area contributed by atoms with Crippen molar-refractivity contribution < 1.29 is 14.6 Å². The Hall–Kier alpha value is -0.650. The number of hydrogen-bond acceptors (Lipinski definition) is 4. The van der Waals surface area contributed by atoms with Gasteiger partial charge in [0.05, 0.1) is 0 Å². The predicted octanol–water partition coefficient (Wildman–Crippen LogP) is 1.04. The lowest BCUT2D eigenvalue weighted by molar-refractivity contribution is -0.150. The van der Waals surface area contributed by atoms with Crippen LogP contribution in [-0.4, -0.2) is 72.4 Å². The zero-order valence-electron chi connectivity index (χ0n) is 11.9. The fourth-order valence-electron chi connectivity index (χ4n) is 3.20. The topological polar surface area (TPSA) is 53.0 Å². The number of nitrogens with zero attached hydrogens (tertiary/aromatic N) is 2. The van der Waals surface area contributed by atoms with Crippen LogP contribution >= 0.6 is 0 Å². The van der Waals surface area contributed by atoms with Crippen molar-refractivity contribution in [3.8, 4) is 0 Å². The molecule has 2 aliphatic rings. The fraction of sp³-hybridized carbons (Fsp3) is 0.929. The van der Waals surface area contributed by atoms with Crippen LogP contribution in [0.4, 0.5) is 0 Å². The third kappa shape index (κ3) is 4.16. The molecule has 0 amide bonds. The number of rotatable bonds is 6. The van der Waals surface area contributed by atoms with Gasteiger partial charge in [0, 0.05) is 38.8 Å². The predicted molar refractivity (Wildman–Crippen MR) is 73.3 cm³/mol. The Morgan fingerprint density at radius 2 is 2.21 bits per heavy atom. The summed E-state index contributed by atoms with van der Waals surface area (Å²) in [6.07, 6.45) is 3.92. The highest BCUT2D eigenvalue weighted by Crippen LogP contribution is 2.21. The number of carboxylic acid groups (broad SMARTS) is 1. The van der Waals surface area contributed by atoms with Gasteiger partial charge in [-0.3, -0.25) is 4.90 Å². The van der Waals surface area contributed by atoms with E-state index in [2.05, 4.69) is 9.80 Å². The van der Waals surface area contributed by atoms with Crippen LogP contribution in [0.2, 0.25) is 0 Å². The van der Waals surface area contributed by atoms with E-state index in [1.807, 2.05) is 6.92 Å². The minimum atomic E-state index is -0.835. The van der Waals surface area contributed by atoms with Gasteiger partial charge in [-0.2, -0.15) is 0 Å². The van der Waals surface area contributed by atoms with Crippen molar-refractivity contribution in [1.29, 1.82) is 0 Å². The van der Waals surface area contributed by atoms with Gasteiger partial charge >= 0.3 is 5.97 Å². The Balaban J connectivity index is 1.75. The summed E-state index contributed by atoms with van der Waals surface area (Å²) in [5.74, 6) is -0.835. The molecule has 19 heavy (non-hydrogen) atoms. The van der Waals surface area contributed by atoms with Gasteiger partial charge in [-0.1, -0.05) is 6.42 Å². The monoisotopic (exact) mass is 270 g/mol. The minimum Gasteiger partial charge on any atom is -0.479 e. The first-order chi connectivity index (χ1) is 9.20. The van der Waals surface area contributed by atoms with Crippen molar-refractivity contribution >= 4 is 5.97 Å². The molecule has 0 aromatic carbocycles. The highest BCUT2D eigenvalue weighted by atomic mass is 16.5. The molecular formula is C14H26N2O3. The smallest absolute Gasteiger partial charge is 0.332 e. The molecule has 5 heteroatoms. The molecule has 2 saturated heterocycles. The first-order valence-corrected chi connectivity index (χ1v) is 7.51. The van der Waals surface area contributed by atoms with E-state index in [1.165, 1.54) is 25.8 Å². The summed E-state index contributed by atoms with van der Waals surface area (Å²) in [4.78, 5) is 16.0. The molecule has 0 saturated carbocycles. The summed E-state index contributed by atoms with van der Waals surface area (Å²) < 4.78 is 5.26. The van der Waals surface area contributed by atoms with E-state index in [4.69, 9.17) is 9.84 Å². The van der Waals surface area contributed by atoms with E-state index in [1.54, 1.807) is 0 Å². The molecule has 1 N–H and O–H groups in total. The van der Waals surface area contributed by atoms with Crippen LogP contribution in [-0.2, 0) is 9.53 Å². The molecule has 2 unspecified atom stereocenters. The van der Waals surface area contributed by atoms with Crippen molar-refractivity contribution in [1.82, 2.24) is 9.80 Å². The summed E-state index contributed by atoms with van der Waals surface area (Å²) in [7, 11) is 0. The van der Waals surface area contributed by atoms with Gasteiger partial charge in [-0.25, -0.2) is 4.79 Å². The molecule has 0 aromatic rings. The van der Waals surface area contributed by atoms with Gasteiger partial charge in [0.1, 0.15) is 0 Å². The molecule has 2 atom stereocenters. The highest BCUT2D eigenvalue weighted by Gasteiger charge is 2.29. The van der Waals surface area contributed by atoms with Crippen molar-refractivity contribution in [2.24, 2.45) is 0 Å². The first kappa shape index (κ1) is 14.8. The highest BCUT2D eigenvalue weighted by molar-refractivity contribution is 5.72.